The Labute approximate surface area is 658 Å². The maximum Gasteiger partial charge on any atom is 0.495 e. The van der Waals surface area contributed by atoms with Crippen molar-refractivity contribution in [1.29, 1.82) is 0 Å². The molecule has 3 aromatic heterocycles. The Morgan fingerprint density at radius 3 is 1.44 bits per heavy atom. The number of carbonyl (C=O) groups is 2. The van der Waals surface area contributed by atoms with Crippen molar-refractivity contribution >= 4 is 124 Å². The summed E-state index contributed by atoms with van der Waals surface area (Å²) in [4.78, 5) is 48.5. The number of nitrogens with zero attached hydrogens (tertiary/aromatic N) is 8. The number of hydrogen-bond acceptors (Lipinski definition) is 22. The highest BCUT2D eigenvalue weighted by molar-refractivity contribution is 14.1. The Morgan fingerprint density at radius 1 is 0.579 bits per heavy atom. The first kappa shape index (κ1) is 85.5. The summed E-state index contributed by atoms with van der Waals surface area (Å²) < 4.78 is 96.0. The number of pyridine rings is 3. The van der Waals surface area contributed by atoms with Crippen molar-refractivity contribution in [2.45, 2.75) is 108 Å². The highest BCUT2D eigenvalue weighted by Crippen LogP contribution is 2.38. The van der Waals surface area contributed by atoms with E-state index in [1.165, 1.54) is 11.0 Å². The number of hydrogen-bond donors (Lipinski definition) is 8. The highest BCUT2D eigenvalue weighted by Gasteiger charge is 2.52. The third kappa shape index (κ3) is 24.5. The number of alkyl halides is 3. The van der Waals surface area contributed by atoms with Gasteiger partial charge in [0.05, 0.1) is 90.5 Å². The lowest BCUT2D eigenvalue weighted by molar-refractivity contribution is -0.171. The number of carbonyl (C=O) groups excluding carboxylic acids is 2. The molecular formula is C73H104BF4I2N13O13S. The van der Waals surface area contributed by atoms with Crippen molar-refractivity contribution in [3.8, 4) is 11.1 Å². The molecule has 0 saturated carbocycles. The monoisotopic (exact) mass is 1740 g/mol. The Balaban J connectivity index is 0.000000166. The van der Waals surface area contributed by atoms with Crippen molar-refractivity contribution in [2.24, 2.45) is 17.6 Å². The lowest BCUT2D eigenvalue weighted by atomic mass is 9.76. The molecule has 590 valence electrons. The first-order chi connectivity index (χ1) is 50.4. The molecular weight excluding hydrogens is 1640 g/mol. The van der Waals surface area contributed by atoms with Gasteiger partial charge in [0.25, 0.3) is 0 Å². The largest absolute Gasteiger partial charge is 0.495 e. The smallest absolute Gasteiger partial charge is 0.399 e. The van der Waals surface area contributed by atoms with Crippen LogP contribution in [-0.2, 0) is 37.7 Å². The van der Waals surface area contributed by atoms with Crippen LogP contribution in [0.4, 0.5) is 67.6 Å². The Morgan fingerprint density at radius 2 is 1.01 bits per heavy atom. The summed E-state index contributed by atoms with van der Waals surface area (Å²) >= 11 is 4.38. The normalized spacial score (nSPS) is 21.5. The lowest BCUT2D eigenvalue weighted by Gasteiger charge is -2.36. The number of benzene rings is 2. The van der Waals surface area contributed by atoms with E-state index in [0.717, 1.165) is 136 Å². The van der Waals surface area contributed by atoms with Gasteiger partial charge in [-0.1, -0.05) is 31.0 Å². The topological polar surface area (TPSA) is 298 Å². The number of likely N-dealkylation sites (tertiary alicyclic amines) is 2. The zero-order chi connectivity index (χ0) is 76.0. The van der Waals surface area contributed by atoms with Crippen molar-refractivity contribution < 1.29 is 80.2 Å². The van der Waals surface area contributed by atoms with Gasteiger partial charge in [0.2, 0.25) is 5.95 Å². The number of nitrogens with two attached hydrogens (primary N) is 1. The third-order valence-corrected chi connectivity index (χ3v) is 21.5. The average molecular weight is 1740 g/mol. The van der Waals surface area contributed by atoms with E-state index in [1.807, 2.05) is 86.9 Å². The number of aromatic nitrogens is 3. The SMILES string of the molecule is CC[C@@H]1CCN(C(=O)Nc2ccc(C)c(-c3cc(NCC4(O)COC4)nc(N4CCOCC4)c3)c2)C1.Cc1ccc(NC(=O)N2CC[C@@H](CC(F)(F)F)C2)cc1B1OC(C)(C)C(C)(C)O1.Fc1cc(I)cc(N2CCOCC2)n1.NCC1(O)COC1.OC1(CNc2cc(I)cc(N3CCOCC3)n2)COC1.S. The lowest BCUT2D eigenvalue weighted by Crippen LogP contribution is -2.54. The molecule has 0 unspecified atom stereocenters. The van der Waals surface area contributed by atoms with Crippen molar-refractivity contribution in [2.75, 3.05) is 200 Å². The summed E-state index contributed by atoms with van der Waals surface area (Å²) in [7, 11) is -0.556. The second kappa shape index (κ2) is 38.2. The summed E-state index contributed by atoms with van der Waals surface area (Å²) in [5.41, 5.74) is 8.16. The van der Waals surface area contributed by atoms with E-state index >= 15 is 0 Å². The molecule has 34 heteroatoms. The average Bonchev–Trinajstić information content (AvgIpc) is 1.56. The second-order valence-corrected chi connectivity index (χ2v) is 31.9. The second-order valence-electron chi connectivity index (χ2n) is 29.4. The number of rotatable bonds is 16. The van der Waals surface area contributed by atoms with Gasteiger partial charge < -0.3 is 105 Å². The van der Waals surface area contributed by atoms with Crippen molar-refractivity contribution in [3.05, 3.63) is 97.0 Å². The van der Waals surface area contributed by atoms with Crippen LogP contribution < -0.4 is 47.2 Å². The van der Waals surface area contributed by atoms with Crippen molar-refractivity contribution in [1.82, 2.24) is 24.8 Å². The van der Waals surface area contributed by atoms with Crippen LogP contribution in [0.3, 0.4) is 0 Å². The number of ether oxygens (including phenoxy) is 6. The predicted molar refractivity (Wildman–Crippen MR) is 426 cm³/mol. The van der Waals surface area contributed by atoms with E-state index in [2.05, 4.69) is 112 Å². The van der Waals surface area contributed by atoms with Gasteiger partial charge in [-0.15, -0.1) is 0 Å². The highest BCUT2D eigenvalue weighted by atomic mass is 127. The zero-order valence-electron chi connectivity index (χ0n) is 62.0. The molecule has 2 aromatic carbocycles. The van der Waals surface area contributed by atoms with Crippen LogP contribution in [-0.4, -0.2) is 258 Å². The number of aryl methyl sites for hydroxylation is 2. The van der Waals surface area contributed by atoms with Gasteiger partial charge in [0.15, 0.2) is 0 Å². The molecule has 12 heterocycles. The summed E-state index contributed by atoms with van der Waals surface area (Å²) in [6.45, 7) is 28.6. The van der Waals surface area contributed by atoms with Gasteiger partial charge in [-0.25, -0.2) is 24.5 Å². The molecule has 14 rings (SSSR count). The summed E-state index contributed by atoms with van der Waals surface area (Å²) in [6.07, 6.45) is -2.52. The number of halogens is 6. The molecule has 4 amide bonds. The first-order valence-electron chi connectivity index (χ1n) is 36.2. The molecule has 0 aliphatic carbocycles. The molecule has 5 aromatic rings. The number of amides is 4. The van der Waals surface area contributed by atoms with Crippen LogP contribution in [0.1, 0.15) is 71.4 Å². The van der Waals surface area contributed by atoms with Crippen LogP contribution in [0, 0.1) is 38.8 Å². The molecule has 0 spiro atoms. The van der Waals surface area contributed by atoms with Gasteiger partial charge in [0.1, 0.15) is 45.9 Å². The predicted octanol–water partition coefficient (Wildman–Crippen LogP) is 8.61. The minimum absolute atomic E-state index is 0. The van der Waals surface area contributed by atoms with Gasteiger partial charge in [0, 0.05) is 116 Å². The van der Waals surface area contributed by atoms with E-state index in [4.69, 9.17) is 53.6 Å². The molecule has 2 atom stereocenters. The Kier molecular flexibility index (Phi) is 30.5. The van der Waals surface area contributed by atoms with Crippen LogP contribution in [0.25, 0.3) is 11.1 Å². The van der Waals surface area contributed by atoms with E-state index < -0.39 is 65.6 Å². The molecule has 107 heavy (non-hydrogen) atoms. The minimum atomic E-state index is -4.20. The van der Waals surface area contributed by atoms with Crippen LogP contribution in [0.2, 0.25) is 0 Å². The van der Waals surface area contributed by atoms with Crippen LogP contribution in [0.15, 0.2) is 72.8 Å². The van der Waals surface area contributed by atoms with E-state index in [9.17, 15) is 37.4 Å². The maximum atomic E-state index is 13.0. The first-order valence-corrected chi connectivity index (χ1v) is 38.4. The fourth-order valence-corrected chi connectivity index (χ4v) is 13.8. The molecule has 9 aliphatic rings. The van der Waals surface area contributed by atoms with Crippen LogP contribution in [0.5, 0.6) is 0 Å². The summed E-state index contributed by atoms with van der Waals surface area (Å²) in [5, 5.41) is 41.9. The quantitative estimate of drug-likeness (QED) is 0.0198. The van der Waals surface area contributed by atoms with E-state index in [0.29, 0.717) is 122 Å². The van der Waals surface area contributed by atoms with Crippen molar-refractivity contribution in [3.63, 3.8) is 0 Å². The maximum absolute atomic E-state index is 13.0. The van der Waals surface area contributed by atoms with Gasteiger partial charge in [-0.2, -0.15) is 31.1 Å². The molecule has 9 aliphatic heterocycles. The molecule has 0 radical (unpaired) electrons. The molecule has 9 N–H and O–H groups in total. The van der Waals surface area contributed by atoms with Crippen LogP contribution >= 0.6 is 58.7 Å². The standard InChI is InChI=1S/C27H37N5O4.C20H28BF3N2O3.C13H18IN3O3.C9H10FIN2O.C4H9NO2.H2S/c1-3-20-6-7-32(15-20)26(33)29-22-5-4-19(2)23(14-22)21-12-24(28-16-27(34)17-36-18-27)30-25(13-21)31-8-10-35-11-9-31;1-13-6-7-15(10-16(13)21-28-18(2,3)19(4,5)29-21)25-17(27)26-9-8-14(12-26)11-20(22,23)24;14-10-5-11(15-7-13(18)8-20-9-13)16-12(6-10)17-1-3-19-4-2-17;10-8-5-7(11)6-9(12-8)13-1-3-14-4-2-13;5-1-4(6)2-7-3-4;/h4-5,12-14,20,34H,3,6-11,15-18H2,1-2H3,(H,28,30)(H,29,33);6-7,10,14H,8-9,11-12H2,1-5H3,(H,25,27);5-6,18H,1-4,7-9H2,(H,15,16);5-6H,1-4H2;6H,1-3,5H2;1H2/t20-;14-;;;;/m10..../s1. The summed E-state index contributed by atoms with van der Waals surface area (Å²) in [5.74, 6) is 3.65. The van der Waals surface area contributed by atoms with E-state index in [1.54, 1.807) is 12.1 Å². The minimum Gasteiger partial charge on any atom is -0.399 e. The number of anilines is 7. The van der Waals surface area contributed by atoms with Gasteiger partial charge in [-0.05, 0) is 188 Å². The number of aliphatic hydroxyl groups is 3. The zero-order valence-corrected chi connectivity index (χ0v) is 67.3. The molecule has 0 bridgehead atoms. The summed E-state index contributed by atoms with van der Waals surface area (Å²) in [6, 6.07) is 22.5. The molecule has 26 nitrogen and oxygen atoms in total. The third-order valence-electron chi connectivity index (χ3n) is 20.2. The molecule has 9 fully saturated rings. The fraction of sp³-hybridized carbons (Fsp3) is 0.603. The molecule has 9 saturated heterocycles. The van der Waals surface area contributed by atoms with Gasteiger partial charge >= 0.3 is 25.4 Å². The Hall–Kier alpha value is -5.46. The Bertz CT molecular complexity index is 3710. The number of nitrogens with one attached hydrogen (secondary N) is 4. The number of morpholine rings is 3. The van der Waals surface area contributed by atoms with E-state index in [-0.39, 0.29) is 26.1 Å². The number of urea groups is 2. The van der Waals surface area contributed by atoms with Gasteiger partial charge in [-0.3, -0.25) is 0 Å². The fourth-order valence-electron chi connectivity index (χ4n) is 12.7.